The smallest absolute Gasteiger partial charge is 0.305 e. The average Bonchev–Trinajstić information content (AvgIpc) is 3.38. The van der Waals surface area contributed by atoms with Gasteiger partial charge in [0.1, 0.15) is 0 Å². The summed E-state index contributed by atoms with van der Waals surface area (Å²) in [7, 11) is 0. The van der Waals surface area contributed by atoms with E-state index in [1.165, 1.54) is 276 Å². The SMILES string of the molecule is CCCCCCCCCCCCC/C=C/C(O)C(CO)NC(=O)CCCCCCCCCCC/C=C\C/C=C\CCCCCCCCCCCOC(=O)CCCCCCCCCCCCCCCCCCC. The Morgan fingerprint density at radius 3 is 1.06 bits per heavy atom. The molecule has 1 amide bonds. The lowest BCUT2D eigenvalue weighted by Crippen LogP contribution is -2.45. The zero-order chi connectivity index (χ0) is 52.2. The second-order valence-electron chi connectivity index (χ2n) is 22.1. The number of carbonyl (C=O) groups is 2. The van der Waals surface area contributed by atoms with Crippen LogP contribution in [0.1, 0.15) is 348 Å². The fourth-order valence-electron chi connectivity index (χ4n) is 9.96. The molecule has 0 heterocycles. The third-order valence-corrected chi connectivity index (χ3v) is 14.9. The normalized spacial score (nSPS) is 12.8. The summed E-state index contributed by atoms with van der Waals surface area (Å²) >= 11 is 0. The van der Waals surface area contributed by atoms with Gasteiger partial charge in [-0.1, -0.05) is 307 Å². The summed E-state index contributed by atoms with van der Waals surface area (Å²) in [6.45, 7) is 4.91. The van der Waals surface area contributed by atoms with Gasteiger partial charge in [0.15, 0.2) is 0 Å². The van der Waals surface area contributed by atoms with Crippen LogP contribution in [0, 0.1) is 0 Å². The van der Waals surface area contributed by atoms with Crippen molar-refractivity contribution < 1.29 is 24.5 Å². The van der Waals surface area contributed by atoms with E-state index in [2.05, 4.69) is 43.5 Å². The molecule has 0 fully saturated rings. The summed E-state index contributed by atoms with van der Waals surface area (Å²) in [5, 5.41) is 23.1. The van der Waals surface area contributed by atoms with Gasteiger partial charge in [-0.25, -0.2) is 0 Å². The lowest BCUT2D eigenvalue weighted by atomic mass is 10.0. The van der Waals surface area contributed by atoms with Crippen molar-refractivity contribution in [3.63, 3.8) is 0 Å². The van der Waals surface area contributed by atoms with E-state index in [4.69, 9.17) is 4.74 Å². The number of rotatable bonds is 60. The van der Waals surface area contributed by atoms with Crippen molar-refractivity contribution in [3.05, 3.63) is 36.5 Å². The minimum absolute atomic E-state index is 0.0126. The van der Waals surface area contributed by atoms with Gasteiger partial charge in [-0.05, 0) is 64.2 Å². The van der Waals surface area contributed by atoms with Crippen LogP contribution >= 0.6 is 0 Å². The Balaban J connectivity index is 3.42. The number of ether oxygens (including phenoxy) is 1. The molecule has 72 heavy (non-hydrogen) atoms. The van der Waals surface area contributed by atoms with E-state index in [-0.39, 0.29) is 18.5 Å². The number of carbonyl (C=O) groups excluding carboxylic acids is 2. The minimum atomic E-state index is -0.848. The molecule has 6 heteroatoms. The van der Waals surface area contributed by atoms with Crippen molar-refractivity contribution >= 4 is 11.9 Å². The standard InChI is InChI=1S/C66H125NO5/c1-3-5-7-9-11-13-15-17-18-28-32-36-40-44-48-52-56-60-66(71)72-61-57-53-49-45-41-37-33-30-27-25-23-21-19-20-22-24-26-29-31-35-39-43-47-51-55-59-65(70)67-63(62-68)64(69)58-54-50-46-42-38-34-16-14-12-10-8-6-4-2/h20-23,54,58,63-64,68-69H,3-19,24-53,55-57,59-62H2,1-2H3,(H,67,70)/b22-20-,23-21-,58-54+. The molecule has 6 nitrogen and oxygen atoms in total. The predicted octanol–water partition coefficient (Wildman–Crippen LogP) is 20.4. The molecule has 0 aliphatic heterocycles. The Labute approximate surface area is 449 Å². The Morgan fingerprint density at radius 1 is 0.389 bits per heavy atom. The summed E-state index contributed by atoms with van der Waals surface area (Å²) in [4.78, 5) is 24.5. The molecule has 3 N–H and O–H groups in total. The first-order valence-corrected chi connectivity index (χ1v) is 32.3. The zero-order valence-electron chi connectivity index (χ0n) is 48.4. The number of allylic oxidation sites excluding steroid dienone is 5. The average molecular weight is 1010 g/mol. The summed E-state index contributed by atoms with van der Waals surface area (Å²) < 4.78 is 5.50. The molecule has 0 spiro atoms. The number of amides is 1. The second kappa shape index (κ2) is 61.6. The van der Waals surface area contributed by atoms with Crippen molar-refractivity contribution in [2.24, 2.45) is 0 Å². The number of hydrogen-bond acceptors (Lipinski definition) is 5. The zero-order valence-corrected chi connectivity index (χ0v) is 48.4. The van der Waals surface area contributed by atoms with Crippen LogP contribution in [0.25, 0.3) is 0 Å². The molecule has 0 saturated carbocycles. The molecule has 2 unspecified atom stereocenters. The van der Waals surface area contributed by atoms with Crippen LogP contribution in [0.4, 0.5) is 0 Å². The molecule has 0 rings (SSSR count). The molecular weight excluding hydrogens is 887 g/mol. The molecule has 0 aromatic heterocycles. The van der Waals surface area contributed by atoms with Crippen molar-refractivity contribution in [2.75, 3.05) is 13.2 Å². The molecule has 0 radical (unpaired) electrons. The fraction of sp³-hybridized carbons (Fsp3) is 0.879. The quantitative estimate of drug-likeness (QED) is 0.0320. The molecule has 2 atom stereocenters. The van der Waals surface area contributed by atoms with E-state index < -0.39 is 12.1 Å². The lowest BCUT2D eigenvalue weighted by molar-refractivity contribution is -0.143. The van der Waals surface area contributed by atoms with Gasteiger partial charge in [0.25, 0.3) is 0 Å². The van der Waals surface area contributed by atoms with E-state index in [0.717, 1.165) is 44.9 Å². The van der Waals surface area contributed by atoms with E-state index in [0.29, 0.717) is 19.4 Å². The predicted molar refractivity (Wildman–Crippen MR) is 315 cm³/mol. The third kappa shape index (κ3) is 57.4. The molecule has 0 aliphatic rings. The number of aliphatic hydroxyl groups excluding tert-OH is 2. The van der Waals surface area contributed by atoms with Gasteiger partial charge in [-0.3, -0.25) is 9.59 Å². The first kappa shape index (κ1) is 70.1. The highest BCUT2D eigenvalue weighted by atomic mass is 16.5. The van der Waals surface area contributed by atoms with Gasteiger partial charge in [0.2, 0.25) is 5.91 Å². The molecule has 424 valence electrons. The van der Waals surface area contributed by atoms with Gasteiger partial charge in [0, 0.05) is 12.8 Å². The maximum atomic E-state index is 12.4. The highest BCUT2D eigenvalue weighted by Crippen LogP contribution is 2.17. The summed E-state index contributed by atoms with van der Waals surface area (Å²) in [6.07, 6.45) is 77.7. The number of esters is 1. The number of nitrogens with one attached hydrogen (secondary N) is 1. The van der Waals surface area contributed by atoms with Crippen LogP contribution in [0.15, 0.2) is 36.5 Å². The van der Waals surface area contributed by atoms with Gasteiger partial charge < -0.3 is 20.3 Å². The van der Waals surface area contributed by atoms with Crippen LogP contribution in [0.5, 0.6) is 0 Å². The summed E-state index contributed by atoms with van der Waals surface area (Å²) in [6, 6.07) is -0.632. The van der Waals surface area contributed by atoms with Crippen LogP contribution in [-0.2, 0) is 14.3 Å². The molecule has 0 aromatic rings. The Bertz CT molecular complexity index is 1170. The van der Waals surface area contributed by atoms with Gasteiger partial charge in [0.05, 0.1) is 25.4 Å². The van der Waals surface area contributed by atoms with Crippen LogP contribution in [0.3, 0.4) is 0 Å². The Morgan fingerprint density at radius 2 is 0.694 bits per heavy atom. The number of hydrogen-bond donors (Lipinski definition) is 3. The molecule has 0 aromatic carbocycles. The lowest BCUT2D eigenvalue weighted by Gasteiger charge is -2.20. The first-order valence-electron chi connectivity index (χ1n) is 32.3. The van der Waals surface area contributed by atoms with Crippen molar-refractivity contribution in [3.8, 4) is 0 Å². The number of unbranched alkanes of at least 4 members (excludes halogenated alkanes) is 45. The topological polar surface area (TPSA) is 95.9 Å². The van der Waals surface area contributed by atoms with Crippen molar-refractivity contribution in [1.29, 1.82) is 0 Å². The van der Waals surface area contributed by atoms with E-state index in [9.17, 15) is 19.8 Å². The second-order valence-corrected chi connectivity index (χ2v) is 22.1. The first-order chi connectivity index (χ1) is 35.5. The maximum absolute atomic E-state index is 12.4. The largest absolute Gasteiger partial charge is 0.466 e. The third-order valence-electron chi connectivity index (χ3n) is 14.9. The Kier molecular flexibility index (Phi) is 60.0. The number of aliphatic hydroxyl groups is 2. The van der Waals surface area contributed by atoms with Crippen LogP contribution in [0.2, 0.25) is 0 Å². The van der Waals surface area contributed by atoms with E-state index in [1.807, 2.05) is 6.08 Å². The van der Waals surface area contributed by atoms with Crippen molar-refractivity contribution in [1.82, 2.24) is 5.32 Å². The highest BCUT2D eigenvalue weighted by Gasteiger charge is 2.18. The fourth-order valence-corrected chi connectivity index (χ4v) is 9.96. The summed E-state index contributed by atoms with van der Waals surface area (Å²) in [5.74, 6) is -0.0611. The highest BCUT2D eigenvalue weighted by molar-refractivity contribution is 5.76. The van der Waals surface area contributed by atoms with Crippen molar-refractivity contribution in [2.45, 2.75) is 360 Å². The van der Waals surface area contributed by atoms with Crippen LogP contribution < -0.4 is 5.32 Å². The molecule has 0 aliphatic carbocycles. The molecular formula is C66H125NO5. The maximum Gasteiger partial charge on any atom is 0.305 e. The molecule has 0 bridgehead atoms. The van der Waals surface area contributed by atoms with Gasteiger partial charge >= 0.3 is 5.97 Å². The van der Waals surface area contributed by atoms with Crippen LogP contribution in [-0.4, -0.2) is 47.4 Å². The van der Waals surface area contributed by atoms with E-state index in [1.54, 1.807) is 6.08 Å². The minimum Gasteiger partial charge on any atom is -0.466 e. The monoisotopic (exact) mass is 1010 g/mol. The summed E-state index contributed by atoms with van der Waals surface area (Å²) in [5.41, 5.74) is 0. The van der Waals surface area contributed by atoms with Gasteiger partial charge in [-0.2, -0.15) is 0 Å². The van der Waals surface area contributed by atoms with E-state index >= 15 is 0 Å². The van der Waals surface area contributed by atoms with Gasteiger partial charge in [-0.15, -0.1) is 0 Å². The molecule has 0 saturated heterocycles. The Hall–Kier alpha value is -1.92.